The zero-order valence-electron chi connectivity index (χ0n) is 19.1. The van der Waals surface area contributed by atoms with Gasteiger partial charge >= 0.3 is 6.09 Å². The number of fused-ring (bicyclic) bond motifs is 5. The van der Waals surface area contributed by atoms with Gasteiger partial charge in [-0.2, -0.15) is 0 Å². The van der Waals surface area contributed by atoms with Crippen molar-refractivity contribution in [1.29, 1.82) is 0 Å². The van der Waals surface area contributed by atoms with Crippen molar-refractivity contribution >= 4 is 24.2 Å². The molecule has 1 aromatic carbocycles. The number of nitrogens with zero attached hydrogens (tertiary/aromatic N) is 1. The Labute approximate surface area is 192 Å². The second-order valence-electron chi connectivity index (χ2n) is 9.50. The van der Waals surface area contributed by atoms with Crippen LogP contribution in [0, 0.1) is 18.8 Å². The topological polar surface area (TPSA) is 111 Å². The van der Waals surface area contributed by atoms with E-state index in [0.717, 1.165) is 5.56 Å². The minimum atomic E-state index is -0.789. The molecule has 2 saturated heterocycles. The summed E-state index contributed by atoms with van der Waals surface area (Å²) < 4.78 is 16.9. The van der Waals surface area contributed by atoms with Crippen LogP contribution in [0.4, 0.5) is 4.79 Å². The van der Waals surface area contributed by atoms with E-state index in [1.165, 1.54) is 4.90 Å². The summed E-state index contributed by atoms with van der Waals surface area (Å²) in [5.74, 6) is -1.48. The van der Waals surface area contributed by atoms with Crippen LogP contribution in [0.25, 0.3) is 0 Å². The fourth-order valence-corrected chi connectivity index (χ4v) is 4.54. The van der Waals surface area contributed by atoms with E-state index in [1.807, 2.05) is 12.2 Å². The lowest BCUT2D eigenvalue weighted by molar-refractivity contribution is -0.145. The highest BCUT2D eigenvalue weighted by Gasteiger charge is 2.61. The minimum absolute atomic E-state index is 0.0578. The number of hydrogen-bond donors (Lipinski definition) is 1. The number of imide groups is 1. The van der Waals surface area contributed by atoms with E-state index < -0.39 is 41.8 Å². The Morgan fingerprint density at radius 1 is 1.18 bits per heavy atom. The number of carbonyl (C=O) groups excluding carboxylic acids is 4. The standard InChI is InChI=1S/C24H28N2O7/c1-13-6-5-7-16(15(13)11-27)31-12-14(10-25-23(30)33-24(2,3)4)26-21(28)19-17-8-9-18(32-17)20(19)22(26)29/h5-9,11,14,17-20H,10,12H2,1-4H3,(H,25,30). The molecule has 3 aliphatic heterocycles. The number of amides is 3. The number of aldehydes is 1. The van der Waals surface area contributed by atoms with Crippen LogP contribution in [0.5, 0.6) is 5.75 Å². The number of benzene rings is 1. The first-order valence-electron chi connectivity index (χ1n) is 11.0. The molecule has 176 valence electrons. The van der Waals surface area contributed by atoms with E-state index in [-0.39, 0.29) is 25.0 Å². The van der Waals surface area contributed by atoms with Gasteiger partial charge in [-0.1, -0.05) is 24.3 Å². The van der Waals surface area contributed by atoms with Crippen molar-refractivity contribution in [3.8, 4) is 5.75 Å². The molecular formula is C24H28N2O7. The number of nitrogens with one attached hydrogen (secondary N) is 1. The highest BCUT2D eigenvalue weighted by Crippen LogP contribution is 2.45. The van der Waals surface area contributed by atoms with Gasteiger partial charge in [-0.25, -0.2) is 4.79 Å². The molecule has 9 heteroatoms. The smallest absolute Gasteiger partial charge is 0.407 e. The van der Waals surface area contributed by atoms with Gasteiger partial charge in [0.1, 0.15) is 18.0 Å². The number of hydrogen-bond acceptors (Lipinski definition) is 7. The molecule has 3 aliphatic rings. The normalized spacial score (nSPS) is 26.4. The Balaban J connectivity index is 1.54. The van der Waals surface area contributed by atoms with Crippen molar-refractivity contribution in [2.45, 2.75) is 51.5 Å². The zero-order chi connectivity index (χ0) is 23.9. The summed E-state index contributed by atoms with van der Waals surface area (Å²) in [6.45, 7) is 6.85. The van der Waals surface area contributed by atoms with Crippen LogP contribution < -0.4 is 10.1 Å². The molecule has 1 aromatic rings. The molecule has 3 heterocycles. The molecule has 1 N–H and O–H groups in total. The van der Waals surface area contributed by atoms with Crippen LogP contribution in [0.3, 0.4) is 0 Å². The third-order valence-corrected chi connectivity index (χ3v) is 6.02. The number of ether oxygens (including phenoxy) is 3. The van der Waals surface area contributed by atoms with Crippen LogP contribution in [-0.2, 0) is 19.1 Å². The summed E-state index contributed by atoms with van der Waals surface area (Å²) in [7, 11) is 0. The van der Waals surface area contributed by atoms with E-state index in [4.69, 9.17) is 14.2 Å². The molecule has 33 heavy (non-hydrogen) atoms. The van der Waals surface area contributed by atoms with E-state index in [2.05, 4.69) is 5.32 Å². The van der Waals surface area contributed by atoms with E-state index in [1.54, 1.807) is 45.9 Å². The quantitative estimate of drug-likeness (QED) is 0.380. The molecular weight excluding hydrogens is 428 g/mol. The molecule has 5 atom stereocenters. The third-order valence-electron chi connectivity index (χ3n) is 6.02. The monoisotopic (exact) mass is 456 g/mol. The Morgan fingerprint density at radius 2 is 1.82 bits per heavy atom. The third kappa shape index (κ3) is 4.37. The molecule has 0 saturated carbocycles. The first-order valence-corrected chi connectivity index (χ1v) is 11.0. The number of rotatable bonds is 7. The van der Waals surface area contributed by atoms with Crippen molar-refractivity contribution in [3.05, 3.63) is 41.5 Å². The van der Waals surface area contributed by atoms with E-state index >= 15 is 0 Å². The van der Waals surface area contributed by atoms with Crippen LogP contribution in [0.2, 0.25) is 0 Å². The van der Waals surface area contributed by atoms with Crippen molar-refractivity contribution in [2.24, 2.45) is 11.8 Å². The molecule has 2 fully saturated rings. The largest absolute Gasteiger partial charge is 0.491 e. The van der Waals surface area contributed by atoms with E-state index in [0.29, 0.717) is 17.6 Å². The first-order chi connectivity index (χ1) is 15.6. The van der Waals surface area contributed by atoms with Crippen LogP contribution in [0.1, 0.15) is 36.7 Å². The van der Waals surface area contributed by atoms with Crippen LogP contribution >= 0.6 is 0 Å². The van der Waals surface area contributed by atoms with Crippen molar-refractivity contribution in [3.63, 3.8) is 0 Å². The highest BCUT2D eigenvalue weighted by molar-refractivity contribution is 6.07. The van der Waals surface area contributed by atoms with E-state index in [9.17, 15) is 19.2 Å². The Kier molecular flexibility index (Phi) is 6.00. The Morgan fingerprint density at radius 3 is 2.39 bits per heavy atom. The number of aryl methyl sites for hydroxylation is 1. The fourth-order valence-electron chi connectivity index (χ4n) is 4.54. The Hall–Kier alpha value is -3.20. The molecule has 0 aliphatic carbocycles. The maximum Gasteiger partial charge on any atom is 0.407 e. The number of alkyl carbamates (subject to hydrolysis) is 1. The van der Waals surface area contributed by atoms with Crippen LogP contribution in [-0.4, -0.2) is 66.1 Å². The zero-order valence-corrected chi connectivity index (χ0v) is 19.1. The Bertz CT molecular complexity index is 983. The summed E-state index contributed by atoms with van der Waals surface area (Å²) in [6.07, 6.45) is 2.83. The molecule has 0 radical (unpaired) electrons. The lowest BCUT2D eigenvalue weighted by Gasteiger charge is -2.29. The first kappa shape index (κ1) is 23.0. The summed E-state index contributed by atoms with van der Waals surface area (Å²) >= 11 is 0. The van der Waals surface area contributed by atoms with Gasteiger partial charge in [0.25, 0.3) is 0 Å². The van der Waals surface area contributed by atoms with Gasteiger partial charge in [0.15, 0.2) is 6.29 Å². The van der Waals surface area contributed by atoms with Gasteiger partial charge < -0.3 is 19.5 Å². The average Bonchev–Trinajstić information content (AvgIpc) is 3.41. The summed E-state index contributed by atoms with van der Waals surface area (Å²) in [5, 5.41) is 2.63. The summed E-state index contributed by atoms with van der Waals surface area (Å²) in [5.41, 5.74) is 0.436. The van der Waals surface area contributed by atoms with Gasteiger partial charge in [-0.05, 0) is 39.3 Å². The van der Waals surface area contributed by atoms with Crippen molar-refractivity contribution < 1.29 is 33.4 Å². The van der Waals surface area contributed by atoms with Gasteiger partial charge in [-0.15, -0.1) is 0 Å². The van der Waals surface area contributed by atoms with Gasteiger partial charge in [0.05, 0.1) is 35.6 Å². The van der Waals surface area contributed by atoms with Gasteiger partial charge in [0.2, 0.25) is 11.8 Å². The number of carbonyl (C=O) groups is 4. The second-order valence-corrected chi connectivity index (χ2v) is 9.50. The molecule has 0 aromatic heterocycles. The molecule has 4 rings (SSSR count). The molecule has 0 spiro atoms. The molecule has 3 amide bonds. The van der Waals surface area contributed by atoms with Crippen LogP contribution in [0.15, 0.2) is 30.4 Å². The SMILES string of the molecule is Cc1cccc(OCC(CNC(=O)OC(C)(C)C)N2C(=O)C3C4C=CC(O4)C3C2=O)c1C=O. The lowest BCUT2D eigenvalue weighted by atomic mass is 9.85. The number of likely N-dealkylation sites (tertiary alicyclic amines) is 1. The second kappa shape index (κ2) is 8.62. The van der Waals surface area contributed by atoms with Gasteiger partial charge in [-0.3, -0.25) is 19.3 Å². The minimum Gasteiger partial charge on any atom is -0.491 e. The summed E-state index contributed by atoms with van der Waals surface area (Å²) in [4.78, 5) is 51.4. The van der Waals surface area contributed by atoms with Gasteiger partial charge in [0, 0.05) is 6.54 Å². The maximum atomic E-state index is 13.2. The molecule has 9 nitrogen and oxygen atoms in total. The predicted octanol–water partition coefficient (Wildman–Crippen LogP) is 2.02. The fraction of sp³-hybridized carbons (Fsp3) is 0.500. The lowest BCUT2D eigenvalue weighted by Crippen LogP contribution is -2.51. The maximum absolute atomic E-state index is 13.2. The highest BCUT2D eigenvalue weighted by atomic mass is 16.6. The average molecular weight is 456 g/mol. The predicted molar refractivity (Wildman–Crippen MR) is 117 cm³/mol. The van der Waals surface area contributed by atoms with Crippen molar-refractivity contribution in [1.82, 2.24) is 10.2 Å². The van der Waals surface area contributed by atoms with Crippen molar-refractivity contribution in [2.75, 3.05) is 13.2 Å². The summed E-state index contributed by atoms with van der Waals surface area (Å²) in [6, 6.07) is 4.40. The molecule has 5 unspecified atom stereocenters. The molecule has 2 bridgehead atoms.